The first kappa shape index (κ1) is 8.82. The van der Waals surface area contributed by atoms with Crippen molar-refractivity contribution in [1.29, 1.82) is 0 Å². The minimum atomic E-state index is 0.373. The minimum absolute atomic E-state index is 0.373. The Morgan fingerprint density at radius 2 is 2.54 bits per heavy atom. The molecule has 1 aromatic heterocycles. The summed E-state index contributed by atoms with van der Waals surface area (Å²) >= 11 is 0. The van der Waals surface area contributed by atoms with Crippen LogP contribution in [0.4, 0.5) is 0 Å². The summed E-state index contributed by atoms with van der Waals surface area (Å²) in [6.45, 7) is 5.73. The molecule has 0 saturated carbocycles. The van der Waals surface area contributed by atoms with E-state index in [0.717, 1.165) is 18.7 Å². The zero-order chi connectivity index (χ0) is 9.31. The lowest BCUT2D eigenvalue weighted by atomic mass is 9.79. The highest BCUT2D eigenvalue weighted by Gasteiger charge is 2.36. The number of rotatable bonds is 2. The van der Waals surface area contributed by atoms with E-state index in [4.69, 9.17) is 4.42 Å². The molecule has 1 aliphatic rings. The molecule has 0 spiro atoms. The predicted molar refractivity (Wildman–Crippen MR) is 52.6 cm³/mol. The maximum Gasteiger partial charge on any atom is 0.104 e. The maximum absolute atomic E-state index is 5.38. The average Bonchev–Trinajstić information content (AvgIpc) is 2.65. The smallest absolute Gasteiger partial charge is 0.104 e. The zero-order valence-corrected chi connectivity index (χ0v) is 8.34. The third-order valence-corrected chi connectivity index (χ3v) is 3.35. The Bertz CT molecular complexity index is 268. The monoisotopic (exact) mass is 179 g/mol. The summed E-state index contributed by atoms with van der Waals surface area (Å²) in [7, 11) is 0. The molecule has 0 aromatic carbocycles. The van der Waals surface area contributed by atoms with Crippen molar-refractivity contribution in [3.63, 3.8) is 0 Å². The summed E-state index contributed by atoms with van der Waals surface area (Å²) in [4.78, 5) is 0. The molecule has 0 aliphatic carbocycles. The molecule has 0 amide bonds. The second-order valence-electron chi connectivity index (χ2n) is 4.34. The van der Waals surface area contributed by atoms with E-state index in [9.17, 15) is 0 Å². The second-order valence-corrected chi connectivity index (χ2v) is 4.34. The van der Waals surface area contributed by atoms with Crippen molar-refractivity contribution in [2.75, 3.05) is 6.54 Å². The van der Waals surface area contributed by atoms with Crippen LogP contribution in [-0.4, -0.2) is 12.6 Å². The average molecular weight is 179 g/mol. The first-order chi connectivity index (χ1) is 6.21. The van der Waals surface area contributed by atoms with Crippen LogP contribution in [0.5, 0.6) is 0 Å². The molecule has 2 atom stereocenters. The largest absolute Gasteiger partial charge is 0.469 e. The highest BCUT2D eigenvalue weighted by atomic mass is 16.3. The van der Waals surface area contributed by atoms with Crippen molar-refractivity contribution >= 4 is 0 Å². The lowest BCUT2D eigenvalue weighted by Gasteiger charge is -2.27. The number of nitrogens with one attached hydrogen (secondary N) is 1. The molecule has 1 N–H and O–H groups in total. The van der Waals surface area contributed by atoms with Crippen molar-refractivity contribution < 1.29 is 4.42 Å². The molecule has 2 heterocycles. The highest BCUT2D eigenvalue weighted by molar-refractivity contribution is 5.05. The third kappa shape index (κ3) is 1.63. The Balaban J connectivity index is 2.08. The zero-order valence-electron chi connectivity index (χ0n) is 8.34. The van der Waals surface area contributed by atoms with Crippen molar-refractivity contribution in [3.8, 4) is 0 Å². The summed E-state index contributed by atoms with van der Waals surface area (Å²) in [5, 5.41) is 3.48. The third-order valence-electron chi connectivity index (χ3n) is 3.35. The van der Waals surface area contributed by atoms with E-state index in [-0.39, 0.29) is 0 Å². The van der Waals surface area contributed by atoms with Crippen LogP contribution in [0, 0.1) is 5.41 Å². The Hall–Kier alpha value is -0.760. The Morgan fingerprint density at radius 1 is 1.69 bits per heavy atom. The summed E-state index contributed by atoms with van der Waals surface area (Å²) in [5.74, 6) is 1.11. The van der Waals surface area contributed by atoms with Gasteiger partial charge in [-0.05, 0) is 37.4 Å². The molecule has 13 heavy (non-hydrogen) atoms. The fraction of sp³-hybridized carbons (Fsp3) is 0.636. The van der Waals surface area contributed by atoms with Crippen LogP contribution >= 0.6 is 0 Å². The molecule has 0 radical (unpaired) electrons. The van der Waals surface area contributed by atoms with Crippen LogP contribution in [0.1, 0.15) is 26.0 Å². The van der Waals surface area contributed by atoms with Crippen LogP contribution in [0.3, 0.4) is 0 Å². The molecule has 2 rings (SSSR count). The van der Waals surface area contributed by atoms with Gasteiger partial charge in [0.2, 0.25) is 0 Å². The molecule has 2 heteroatoms. The number of hydrogen-bond acceptors (Lipinski definition) is 2. The summed E-state index contributed by atoms with van der Waals surface area (Å²) in [5.41, 5.74) is 0.373. The summed E-state index contributed by atoms with van der Waals surface area (Å²) in [6, 6.07) is 4.62. The standard InChI is InChI=1S/C11H17NO/c1-9-11(2,5-6-12-9)8-10-4-3-7-13-10/h3-4,7,9,12H,5-6,8H2,1-2H3. The molecule has 1 aliphatic heterocycles. The Kier molecular flexibility index (Phi) is 2.16. The van der Waals surface area contributed by atoms with E-state index in [2.05, 4.69) is 25.2 Å². The number of hydrogen-bond donors (Lipinski definition) is 1. The maximum atomic E-state index is 5.38. The predicted octanol–water partition coefficient (Wildman–Crippen LogP) is 2.21. The fourth-order valence-electron chi connectivity index (χ4n) is 2.09. The van der Waals surface area contributed by atoms with Gasteiger partial charge in [-0.2, -0.15) is 0 Å². The van der Waals surface area contributed by atoms with Gasteiger partial charge >= 0.3 is 0 Å². The van der Waals surface area contributed by atoms with E-state index in [1.54, 1.807) is 6.26 Å². The highest BCUT2D eigenvalue weighted by Crippen LogP contribution is 2.34. The lowest BCUT2D eigenvalue weighted by Crippen LogP contribution is -2.33. The first-order valence-electron chi connectivity index (χ1n) is 4.96. The van der Waals surface area contributed by atoms with Gasteiger partial charge in [-0.1, -0.05) is 6.92 Å². The quantitative estimate of drug-likeness (QED) is 0.753. The van der Waals surface area contributed by atoms with Crippen LogP contribution < -0.4 is 5.32 Å². The van der Waals surface area contributed by atoms with E-state index in [1.165, 1.54) is 6.42 Å². The van der Waals surface area contributed by atoms with Gasteiger partial charge in [0.15, 0.2) is 0 Å². The van der Waals surface area contributed by atoms with Crippen LogP contribution in [0.15, 0.2) is 22.8 Å². The number of furan rings is 1. The molecule has 2 nitrogen and oxygen atoms in total. The van der Waals surface area contributed by atoms with Crippen molar-refractivity contribution in [1.82, 2.24) is 5.32 Å². The Morgan fingerprint density at radius 3 is 3.08 bits per heavy atom. The van der Waals surface area contributed by atoms with E-state index < -0.39 is 0 Å². The van der Waals surface area contributed by atoms with Gasteiger partial charge in [0.25, 0.3) is 0 Å². The molecule has 0 bridgehead atoms. The fourth-order valence-corrected chi connectivity index (χ4v) is 2.09. The molecule has 72 valence electrons. The summed E-state index contributed by atoms with van der Waals surface area (Å²) in [6.07, 6.45) is 4.05. The van der Waals surface area contributed by atoms with Crippen LogP contribution in [0.2, 0.25) is 0 Å². The molecule has 2 unspecified atom stereocenters. The van der Waals surface area contributed by atoms with Gasteiger partial charge in [-0.25, -0.2) is 0 Å². The van der Waals surface area contributed by atoms with Crippen molar-refractivity contribution in [2.45, 2.75) is 32.7 Å². The van der Waals surface area contributed by atoms with Gasteiger partial charge in [-0.3, -0.25) is 0 Å². The first-order valence-corrected chi connectivity index (χ1v) is 4.96. The van der Waals surface area contributed by atoms with Crippen molar-refractivity contribution in [3.05, 3.63) is 24.2 Å². The molecular formula is C11H17NO. The molecule has 1 fully saturated rings. The summed E-state index contributed by atoms with van der Waals surface area (Å²) < 4.78 is 5.38. The molecular weight excluding hydrogens is 162 g/mol. The van der Waals surface area contributed by atoms with Gasteiger partial charge in [0.05, 0.1) is 6.26 Å². The van der Waals surface area contributed by atoms with Gasteiger partial charge in [-0.15, -0.1) is 0 Å². The van der Waals surface area contributed by atoms with E-state index in [0.29, 0.717) is 11.5 Å². The van der Waals surface area contributed by atoms with Gasteiger partial charge < -0.3 is 9.73 Å². The van der Waals surface area contributed by atoms with Crippen LogP contribution in [-0.2, 0) is 6.42 Å². The molecule has 1 aromatic rings. The lowest BCUT2D eigenvalue weighted by molar-refractivity contribution is 0.270. The topological polar surface area (TPSA) is 25.2 Å². The Labute approximate surface area is 79.3 Å². The van der Waals surface area contributed by atoms with E-state index >= 15 is 0 Å². The SMILES string of the molecule is CC1NCCC1(C)Cc1ccco1. The molecule has 1 saturated heterocycles. The van der Waals surface area contributed by atoms with Gasteiger partial charge in [0.1, 0.15) is 5.76 Å². The minimum Gasteiger partial charge on any atom is -0.469 e. The van der Waals surface area contributed by atoms with E-state index in [1.807, 2.05) is 6.07 Å². The van der Waals surface area contributed by atoms with Crippen molar-refractivity contribution in [2.24, 2.45) is 5.41 Å². The normalized spacial score (nSPS) is 33.8. The van der Waals surface area contributed by atoms with Gasteiger partial charge in [0, 0.05) is 12.5 Å². The second kappa shape index (κ2) is 3.18. The van der Waals surface area contributed by atoms with Crippen LogP contribution in [0.25, 0.3) is 0 Å².